The first-order valence-electron chi connectivity index (χ1n) is 11.6. The monoisotopic (exact) mass is 490 g/mol. The van der Waals surface area contributed by atoms with Gasteiger partial charge in [-0.25, -0.2) is 4.79 Å². The Labute approximate surface area is 203 Å². The van der Waals surface area contributed by atoms with Crippen molar-refractivity contribution in [3.05, 3.63) is 29.6 Å². The number of hydrogen-bond acceptors (Lipinski definition) is 7. The fraction of sp³-hybridized carbons (Fsp3) is 0.565. The second kappa shape index (κ2) is 12.2. The number of carbonyl (C=O) groups excluding carboxylic acids is 2. The molecule has 0 bridgehead atoms. The lowest BCUT2D eigenvalue weighted by atomic mass is 9.73. The number of carbonyl (C=O) groups is 4. The number of pyridine rings is 1. The second-order valence-electron chi connectivity index (χ2n) is 8.86. The van der Waals surface area contributed by atoms with E-state index in [0.717, 1.165) is 32.1 Å². The van der Waals surface area contributed by atoms with Gasteiger partial charge in [-0.05, 0) is 50.7 Å². The molecule has 12 nitrogen and oxygen atoms in total. The molecule has 3 rings (SSSR count). The summed E-state index contributed by atoms with van der Waals surface area (Å²) >= 11 is 0. The van der Waals surface area contributed by atoms with Gasteiger partial charge in [-0.15, -0.1) is 0 Å². The number of carboxylic acids is 2. The lowest BCUT2D eigenvalue weighted by Crippen LogP contribution is -2.61. The molecule has 0 radical (unpaired) electrons. The van der Waals surface area contributed by atoms with Crippen LogP contribution in [-0.4, -0.2) is 74.4 Å². The SMILES string of the molecule is C[C@H](NCC(=O)O)C(=O)N1CCC[C@]1(C(=O)O)C1CCCCC1.N=C(N)c1ccc(C(N)=O)cn1. The third kappa shape index (κ3) is 6.75. The van der Waals surface area contributed by atoms with Gasteiger partial charge in [0.2, 0.25) is 11.8 Å². The fourth-order valence-electron chi connectivity index (χ4n) is 4.81. The Morgan fingerprint density at radius 1 is 1.17 bits per heavy atom. The van der Waals surface area contributed by atoms with Crippen molar-refractivity contribution in [2.45, 2.75) is 63.5 Å². The first-order valence-corrected chi connectivity index (χ1v) is 11.6. The zero-order chi connectivity index (χ0) is 26.2. The molecule has 1 aliphatic carbocycles. The van der Waals surface area contributed by atoms with Crippen molar-refractivity contribution >= 4 is 29.6 Å². The molecule has 2 atom stereocenters. The predicted molar refractivity (Wildman–Crippen MR) is 127 cm³/mol. The molecule has 192 valence electrons. The highest BCUT2D eigenvalue weighted by atomic mass is 16.4. The van der Waals surface area contributed by atoms with Crippen LogP contribution >= 0.6 is 0 Å². The van der Waals surface area contributed by atoms with Gasteiger partial charge in [-0.2, -0.15) is 0 Å². The Bertz CT molecular complexity index is 913. The summed E-state index contributed by atoms with van der Waals surface area (Å²) < 4.78 is 0. The largest absolute Gasteiger partial charge is 0.480 e. The van der Waals surface area contributed by atoms with Crippen LogP contribution in [-0.2, 0) is 14.4 Å². The number of amides is 2. The van der Waals surface area contributed by atoms with Crippen LogP contribution in [0.15, 0.2) is 18.3 Å². The molecule has 0 aromatic carbocycles. The summed E-state index contributed by atoms with van der Waals surface area (Å²) in [6.45, 7) is 1.71. The number of nitrogen functional groups attached to an aromatic ring is 1. The van der Waals surface area contributed by atoms with Crippen molar-refractivity contribution in [2.24, 2.45) is 17.4 Å². The van der Waals surface area contributed by atoms with Crippen molar-refractivity contribution in [1.82, 2.24) is 15.2 Å². The third-order valence-electron chi connectivity index (χ3n) is 6.59. The highest BCUT2D eigenvalue weighted by Gasteiger charge is 2.55. The van der Waals surface area contributed by atoms with E-state index in [0.29, 0.717) is 30.6 Å². The molecule has 2 fully saturated rings. The minimum Gasteiger partial charge on any atom is -0.480 e. The Kier molecular flexibility index (Phi) is 9.69. The maximum absolute atomic E-state index is 12.7. The Hall–Kier alpha value is -3.54. The Morgan fingerprint density at radius 2 is 1.83 bits per heavy atom. The molecule has 1 aliphatic heterocycles. The van der Waals surface area contributed by atoms with E-state index in [1.807, 2.05) is 0 Å². The van der Waals surface area contributed by atoms with E-state index in [1.54, 1.807) is 6.92 Å². The van der Waals surface area contributed by atoms with Crippen molar-refractivity contribution in [3.8, 4) is 0 Å². The average Bonchev–Trinajstić information content (AvgIpc) is 3.29. The number of rotatable bonds is 8. The second-order valence-corrected chi connectivity index (χ2v) is 8.86. The minimum absolute atomic E-state index is 0.00752. The molecule has 35 heavy (non-hydrogen) atoms. The van der Waals surface area contributed by atoms with E-state index in [4.69, 9.17) is 22.0 Å². The van der Waals surface area contributed by atoms with Gasteiger partial charge in [0.15, 0.2) is 0 Å². The van der Waals surface area contributed by atoms with Gasteiger partial charge in [-0.3, -0.25) is 30.1 Å². The summed E-state index contributed by atoms with van der Waals surface area (Å²) in [5, 5.41) is 28.3. The minimum atomic E-state index is -1.11. The van der Waals surface area contributed by atoms with Gasteiger partial charge < -0.3 is 26.6 Å². The number of aromatic nitrogens is 1. The maximum Gasteiger partial charge on any atom is 0.329 e. The number of carboxylic acid groups (broad SMARTS) is 2. The quantitative estimate of drug-likeness (QED) is 0.221. The molecular formula is C23H34N6O6. The topological polar surface area (TPSA) is 213 Å². The molecule has 0 unspecified atom stereocenters. The Balaban J connectivity index is 0.000000303. The van der Waals surface area contributed by atoms with Gasteiger partial charge in [0.25, 0.3) is 0 Å². The number of nitrogens with one attached hydrogen (secondary N) is 2. The van der Waals surface area contributed by atoms with E-state index < -0.39 is 29.4 Å². The smallest absolute Gasteiger partial charge is 0.329 e. The average molecular weight is 491 g/mol. The van der Waals surface area contributed by atoms with Crippen LogP contribution in [0.3, 0.4) is 0 Å². The van der Waals surface area contributed by atoms with Crippen LogP contribution in [0.4, 0.5) is 0 Å². The number of nitrogens with zero attached hydrogens (tertiary/aromatic N) is 2. The molecule has 1 aromatic rings. The molecule has 8 N–H and O–H groups in total. The summed E-state index contributed by atoms with van der Waals surface area (Å²) in [4.78, 5) is 51.3. The molecule has 2 amide bonds. The maximum atomic E-state index is 12.7. The zero-order valence-corrected chi connectivity index (χ0v) is 19.8. The van der Waals surface area contributed by atoms with Crippen molar-refractivity contribution in [3.63, 3.8) is 0 Å². The molecule has 1 saturated carbocycles. The zero-order valence-electron chi connectivity index (χ0n) is 19.8. The van der Waals surface area contributed by atoms with E-state index in [2.05, 4.69) is 10.3 Å². The van der Waals surface area contributed by atoms with Gasteiger partial charge in [0, 0.05) is 12.7 Å². The molecule has 0 spiro atoms. The van der Waals surface area contributed by atoms with Crippen LogP contribution < -0.4 is 16.8 Å². The predicted octanol–water partition coefficient (Wildman–Crippen LogP) is 0.540. The molecule has 1 aromatic heterocycles. The standard InChI is InChI=1S/C16H26N2O5.C7H8N4O/c1-11(17-10-13(19)20)14(21)18-9-5-8-16(18,15(22)23)12-6-3-2-4-7-12;8-6(9)5-2-1-4(3-11-5)7(10)12/h11-12,17H,2-10H2,1H3,(H,19,20)(H,22,23);1-3H,(H3,8,9)(H2,10,12)/t11-,16+;/m0./s1. The number of amidine groups is 1. The summed E-state index contributed by atoms with van der Waals surface area (Å²) in [6, 6.07) is 2.25. The third-order valence-corrected chi connectivity index (χ3v) is 6.59. The van der Waals surface area contributed by atoms with Crippen molar-refractivity contribution < 1.29 is 29.4 Å². The van der Waals surface area contributed by atoms with E-state index >= 15 is 0 Å². The van der Waals surface area contributed by atoms with Crippen LogP contribution in [0.1, 0.15) is 67.9 Å². The molecule has 12 heteroatoms. The summed E-state index contributed by atoms with van der Waals surface area (Å²) in [5.41, 5.74) is 9.65. The lowest BCUT2D eigenvalue weighted by molar-refractivity contribution is -0.162. The number of nitrogens with two attached hydrogens (primary N) is 2. The van der Waals surface area contributed by atoms with Gasteiger partial charge in [0.05, 0.1) is 18.2 Å². The van der Waals surface area contributed by atoms with Crippen LogP contribution in [0, 0.1) is 11.3 Å². The summed E-state index contributed by atoms with van der Waals surface area (Å²) in [7, 11) is 0. The van der Waals surface area contributed by atoms with Gasteiger partial charge in [-0.1, -0.05) is 19.3 Å². The summed E-state index contributed by atoms with van der Waals surface area (Å²) in [6.07, 6.45) is 7.28. The number of hydrogen-bond donors (Lipinski definition) is 6. The molecule has 2 heterocycles. The molecule has 1 saturated heterocycles. The van der Waals surface area contributed by atoms with Crippen LogP contribution in [0.5, 0.6) is 0 Å². The van der Waals surface area contributed by atoms with Crippen molar-refractivity contribution in [1.29, 1.82) is 5.41 Å². The number of likely N-dealkylation sites (tertiary alicyclic amines) is 1. The first kappa shape index (κ1) is 27.7. The van der Waals surface area contributed by atoms with Crippen LogP contribution in [0.2, 0.25) is 0 Å². The van der Waals surface area contributed by atoms with Crippen molar-refractivity contribution in [2.75, 3.05) is 13.1 Å². The Morgan fingerprint density at radius 3 is 2.31 bits per heavy atom. The fourth-order valence-corrected chi connectivity index (χ4v) is 4.81. The summed E-state index contributed by atoms with van der Waals surface area (Å²) in [5.74, 6) is -2.95. The van der Waals surface area contributed by atoms with E-state index in [-0.39, 0.29) is 24.2 Å². The first-order chi connectivity index (χ1) is 16.5. The number of aliphatic carboxylic acids is 2. The van der Waals surface area contributed by atoms with Gasteiger partial charge in [0.1, 0.15) is 17.1 Å². The number of primary amides is 1. The van der Waals surface area contributed by atoms with E-state index in [1.165, 1.54) is 23.2 Å². The highest BCUT2D eigenvalue weighted by Crippen LogP contribution is 2.43. The normalized spacial score (nSPS) is 20.9. The highest BCUT2D eigenvalue weighted by molar-refractivity contribution is 5.95. The molecule has 2 aliphatic rings. The van der Waals surface area contributed by atoms with Gasteiger partial charge >= 0.3 is 11.9 Å². The molecular weight excluding hydrogens is 456 g/mol. The van der Waals surface area contributed by atoms with Crippen LogP contribution in [0.25, 0.3) is 0 Å². The lowest BCUT2D eigenvalue weighted by Gasteiger charge is -2.43. The van der Waals surface area contributed by atoms with E-state index in [9.17, 15) is 24.3 Å².